The van der Waals surface area contributed by atoms with Crippen LogP contribution in [0, 0.1) is 10.1 Å². The summed E-state index contributed by atoms with van der Waals surface area (Å²) < 4.78 is 5.00. The van der Waals surface area contributed by atoms with Crippen molar-refractivity contribution in [2.24, 2.45) is 5.73 Å². The van der Waals surface area contributed by atoms with E-state index in [1.165, 1.54) is 13.2 Å². The lowest BCUT2D eigenvalue weighted by atomic mass is 9.99. The van der Waals surface area contributed by atoms with E-state index in [2.05, 4.69) is 4.90 Å². The molecule has 1 aromatic carbocycles. The summed E-state index contributed by atoms with van der Waals surface area (Å²) in [6.45, 7) is 7.45. The van der Waals surface area contributed by atoms with Crippen LogP contribution in [-0.4, -0.2) is 40.8 Å². The summed E-state index contributed by atoms with van der Waals surface area (Å²) in [5.74, 6) is -0.387. The molecule has 0 aromatic heterocycles. The van der Waals surface area contributed by atoms with Crippen molar-refractivity contribution in [3.63, 3.8) is 0 Å². The molecule has 0 amide bonds. The van der Waals surface area contributed by atoms with Crippen LogP contribution in [0.3, 0.4) is 0 Å². The van der Waals surface area contributed by atoms with Gasteiger partial charge in [-0.3, -0.25) is 15.0 Å². The molecule has 0 saturated carbocycles. The maximum Gasteiger partial charge on any atom is 0.314 e. The number of nitrogens with two attached hydrogens (primary N) is 1. The lowest BCUT2D eigenvalue weighted by Crippen LogP contribution is -2.55. The number of nitro groups is 1. The molecule has 1 unspecified atom stereocenters. The Morgan fingerprint density at radius 3 is 2.43 bits per heavy atom. The second-order valence-corrected chi connectivity index (χ2v) is 5.13. The number of benzene rings is 1. The molecule has 118 valence electrons. The number of likely N-dealkylation sites (N-methyl/N-ethyl adjacent to an activating group) is 1. The van der Waals surface area contributed by atoms with Crippen molar-refractivity contribution in [3.8, 4) is 11.5 Å². The quantitative estimate of drug-likeness (QED) is 0.452. The molecule has 1 atom stereocenters. The number of nitrogens with zero attached hydrogens (tertiary/aromatic N) is 2. The van der Waals surface area contributed by atoms with E-state index in [0.717, 1.165) is 13.1 Å². The van der Waals surface area contributed by atoms with Crippen LogP contribution in [0.4, 0.5) is 5.69 Å². The summed E-state index contributed by atoms with van der Waals surface area (Å²) in [7, 11) is 1.36. The van der Waals surface area contributed by atoms with Crippen molar-refractivity contribution in [3.05, 3.63) is 27.8 Å². The smallest absolute Gasteiger partial charge is 0.314 e. The van der Waals surface area contributed by atoms with Crippen LogP contribution < -0.4 is 10.5 Å². The predicted molar refractivity (Wildman–Crippen MR) is 80.5 cm³/mol. The number of methoxy groups -OCH3 is 1. The minimum atomic E-state index is -0.640. The van der Waals surface area contributed by atoms with E-state index in [-0.39, 0.29) is 11.4 Å². The van der Waals surface area contributed by atoms with Gasteiger partial charge >= 0.3 is 5.69 Å². The Balaban J connectivity index is 3.19. The molecule has 3 N–H and O–H groups in total. The average Bonchev–Trinajstić information content (AvgIpc) is 2.40. The van der Waals surface area contributed by atoms with Gasteiger partial charge in [0.2, 0.25) is 5.75 Å². The van der Waals surface area contributed by atoms with E-state index < -0.39 is 16.3 Å². The van der Waals surface area contributed by atoms with Crippen LogP contribution in [0.5, 0.6) is 11.5 Å². The van der Waals surface area contributed by atoms with Crippen molar-refractivity contribution >= 4 is 5.69 Å². The predicted octanol–water partition coefficient (Wildman–Crippen LogP) is 1.87. The Kier molecular flexibility index (Phi) is 5.51. The number of hydrogen-bond acceptors (Lipinski definition) is 6. The molecule has 0 heterocycles. The second kappa shape index (κ2) is 6.73. The highest BCUT2D eigenvalue weighted by molar-refractivity contribution is 5.57. The van der Waals surface area contributed by atoms with Crippen LogP contribution in [0.2, 0.25) is 0 Å². The van der Waals surface area contributed by atoms with Crippen LogP contribution >= 0.6 is 0 Å². The van der Waals surface area contributed by atoms with E-state index >= 15 is 0 Å². The van der Waals surface area contributed by atoms with Gasteiger partial charge in [-0.1, -0.05) is 13.8 Å². The van der Waals surface area contributed by atoms with E-state index in [4.69, 9.17) is 10.5 Å². The van der Waals surface area contributed by atoms with Gasteiger partial charge in [0.25, 0.3) is 0 Å². The van der Waals surface area contributed by atoms with Crippen molar-refractivity contribution in [2.75, 3.05) is 20.2 Å². The van der Waals surface area contributed by atoms with Crippen LogP contribution in [0.15, 0.2) is 12.1 Å². The van der Waals surface area contributed by atoms with E-state index in [0.29, 0.717) is 12.0 Å². The van der Waals surface area contributed by atoms with E-state index in [1.54, 1.807) is 6.07 Å². The summed E-state index contributed by atoms with van der Waals surface area (Å²) in [4.78, 5) is 12.4. The Bertz CT molecular complexity index is 513. The largest absolute Gasteiger partial charge is 0.500 e. The fraction of sp³-hybridized carbons (Fsp3) is 0.571. The van der Waals surface area contributed by atoms with Crippen LogP contribution in [0.1, 0.15) is 26.3 Å². The van der Waals surface area contributed by atoms with Crippen LogP contribution in [-0.2, 0) is 6.42 Å². The zero-order chi connectivity index (χ0) is 16.2. The van der Waals surface area contributed by atoms with Crippen molar-refractivity contribution in [2.45, 2.75) is 32.9 Å². The maximum atomic E-state index is 11.0. The highest BCUT2D eigenvalue weighted by Crippen LogP contribution is 2.37. The summed E-state index contributed by atoms with van der Waals surface area (Å²) in [6.07, 6.45) is 0.409. The second-order valence-electron chi connectivity index (χ2n) is 5.13. The molecule has 0 aliphatic rings. The van der Waals surface area contributed by atoms with Crippen molar-refractivity contribution in [1.82, 2.24) is 4.90 Å². The SMILES string of the molecule is CCN(CC)C(C)(N)Cc1cc(OC)c(O)c([N+](=O)[O-])c1. The van der Waals surface area contributed by atoms with Crippen LogP contribution in [0.25, 0.3) is 0 Å². The van der Waals surface area contributed by atoms with Crippen molar-refractivity contribution in [1.29, 1.82) is 0 Å². The summed E-state index contributed by atoms with van der Waals surface area (Å²) >= 11 is 0. The molecular formula is C14H23N3O4. The molecule has 1 rings (SSSR count). The summed E-state index contributed by atoms with van der Waals surface area (Å²) in [5.41, 5.74) is 5.95. The minimum absolute atomic E-state index is 0.0783. The van der Waals surface area contributed by atoms with Gasteiger partial charge in [-0.15, -0.1) is 0 Å². The molecule has 0 spiro atoms. The van der Waals surface area contributed by atoms with Gasteiger partial charge in [0.15, 0.2) is 5.75 Å². The molecule has 21 heavy (non-hydrogen) atoms. The number of phenols is 1. The van der Waals surface area contributed by atoms with E-state index in [9.17, 15) is 15.2 Å². The molecule has 0 aliphatic heterocycles. The topological polar surface area (TPSA) is 102 Å². The zero-order valence-corrected chi connectivity index (χ0v) is 12.9. The third-order valence-electron chi connectivity index (χ3n) is 3.58. The maximum absolute atomic E-state index is 11.0. The minimum Gasteiger partial charge on any atom is -0.500 e. The molecule has 7 heteroatoms. The first-order valence-electron chi connectivity index (χ1n) is 6.85. The van der Waals surface area contributed by atoms with Gasteiger partial charge in [-0.25, -0.2) is 0 Å². The molecule has 0 bridgehead atoms. The molecule has 7 nitrogen and oxygen atoms in total. The highest BCUT2D eigenvalue weighted by atomic mass is 16.6. The molecule has 1 aromatic rings. The van der Waals surface area contributed by atoms with Gasteiger partial charge in [-0.05, 0) is 31.6 Å². The number of ether oxygens (including phenoxy) is 1. The molecule has 0 aliphatic carbocycles. The average molecular weight is 297 g/mol. The Morgan fingerprint density at radius 2 is 2.00 bits per heavy atom. The number of aromatic hydroxyl groups is 1. The normalized spacial score (nSPS) is 14.0. The molecular weight excluding hydrogens is 274 g/mol. The number of nitro benzene ring substituents is 1. The first kappa shape index (κ1) is 17.2. The lowest BCUT2D eigenvalue weighted by Gasteiger charge is -2.37. The highest BCUT2D eigenvalue weighted by Gasteiger charge is 2.28. The Morgan fingerprint density at radius 1 is 1.43 bits per heavy atom. The fourth-order valence-corrected chi connectivity index (χ4v) is 2.52. The first-order chi connectivity index (χ1) is 9.76. The van der Waals surface area contributed by atoms with Gasteiger partial charge in [0, 0.05) is 12.5 Å². The monoisotopic (exact) mass is 297 g/mol. The standard InChI is InChI=1S/C14H23N3O4/c1-5-16(6-2)14(3,15)9-10-7-11(17(19)20)13(18)12(8-10)21-4/h7-8,18H,5-6,9,15H2,1-4H3. The fourth-order valence-electron chi connectivity index (χ4n) is 2.52. The Hall–Kier alpha value is -1.86. The number of phenolic OH excluding ortho intramolecular Hbond substituents is 1. The van der Waals surface area contributed by atoms with Gasteiger partial charge in [0.1, 0.15) is 0 Å². The summed E-state index contributed by atoms with van der Waals surface area (Å²) in [6, 6.07) is 2.92. The number of rotatable bonds is 7. The Labute approximate surface area is 124 Å². The number of hydrogen-bond donors (Lipinski definition) is 2. The van der Waals surface area contributed by atoms with Gasteiger partial charge in [-0.2, -0.15) is 0 Å². The summed E-state index contributed by atoms with van der Waals surface area (Å²) in [5, 5.41) is 20.8. The molecule has 0 radical (unpaired) electrons. The molecule has 0 fully saturated rings. The molecule has 0 saturated heterocycles. The van der Waals surface area contributed by atoms with Gasteiger partial charge < -0.3 is 15.6 Å². The third-order valence-corrected chi connectivity index (χ3v) is 3.58. The zero-order valence-electron chi connectivity index (χ0n) is 12.9. The van der Waals surface area contributed by atoms with Gasteiger partial charge in [0.05, 0.1) is 17.7 Å². The lowest BCUT2D eigenvalue weighted by molar-refractivity contribution is -0.386. The third kappa shape index (κ3) is 3.83. The first-order valence-corrected chi connectivity index (χ1v) is 6.85. The van der Waals surface area contributed by atoms with E-state index in [1.807, 2.05) is 20.8 Å². The van der Waals surface area contributed by atoms with Crippen molar-refractivity contribution < 1.29 is 14.8 Å².